The lowest BCUT2D eigenvalue weighted by molar-refractivity contribution is -0.115. The lowest BCUT2D eigenvalue weighted by Gasteiger charge is -2.02. The number of nitrogens with one attached hydrogen (secondary N) is 1. The fraction of sp³-hybridized carbons (Fsp3) is 0.0556. The first kappa shape index (κ1) is 16.9. The van der Waals surface area contributed by atoms with Gasteiger partial charge in [-0.15, -0.1) is 22.7 Å². The van der Waals surface area contributed by atoms with E-state index in [1.165, 1.54) is 23.0 Å². The Bertz CT molecular complexity index is 1120. The van der Waals surface area contributed by atoms with Gasteiger partial charge in [-0.05, 0) is 29.7 Å². The van der Waals surface area contributed by atoms with E-state index in [0.29, 0.717) is 14.9 Å². The van der Waals surface area contributed by atoms with Crippen molar-refractivity contribution in [1.29, 1.82) is 5.26 Å². The van der Waals surface area contributed by atoms with Gasteiger partial charge in [-0.25, -0.2) is 0 Å². The van der Waals surface area contributed by atoms with Gasteiger partial charge in [-0.2, -0.15) is 5.26 Å². The second kappa shape index (κ2) is 7.30. The number of nitriles is 1. The van der Waals surface area contributed by atoms with Crippen LogP contribution in [0.5, 0.6) is 0 Å². The van der Waals surface area contributed by atoms with Gasteiger partial charge in [0.2, 0.25) is 0 Å². The molecule has 0 aliphatic rings. The molecule has 0 saturated carbocycles. The molecule has 3 aromatic rings. The molecular formula is C18H13N3O2S2. The number of benzene rings is 1. The third-order valence-electron chi connectivity index (χ3n) is 3.43. The maximum absolute atomic E-state index is 12.9. The normalized spacial score (nSPS) is 12.6. The Kier molecular flexibility index (Phi) is 4.93. The summed E-state index contributed by atoms with van der Waals surface area (Å²) in [5.41, 5.74) is 0.275. The van der Waals surface area contributed by atoms with E-state index >= 15 is 0 Å². The van der Waals surface area contributed by atoms with Crippen molar-refractivity contribution < 1.29 is 4.79 Å². The predicted molar refractivity (Wildman–Crippen MR) is 100 cm³/mol. The molecule has 0 saturated heterocycles. The second-order valence-electron chi connectivity index (χ2n) is 4.97. The summed E-state index contributed by atoms with van der Waals surface area (Å²) in [6.45, 7) is 0. The van der Waals surface area contributed by atoms with Crippen LogP contribution in [0.2, 0.25) is 0 Å². The van der Waals surface area contributed by atoms with Crippen LogP contribution < -0.4 is 20.1 Å². The molecule has 0 fully saturated rings. The highest BCUT2D eigenvalue weighted by Crippen LogP contribution is 2.09. The molecule has 1 N–H and O–H groups in total. The van der Waals surface area contributed by atoms with E-state index in [1.807, 2.05) is 29.6 Å². The molecule has 0 bridgehead atoms. The van der Waals surface area contributed by atoms with Crippen LogP contribution >= 0.6 is 22.7 Å². The van der Waals surface area contributed by atoms with E-state index in [-0.39, 0.29) is 11.1 Å². The number of aromatic nitrogens is 1. The molecule has 7 heteroatoms. The van der Waals surface area contributed by atoms with Crippen LogP contribution in [0.4, 0.5) is 0 Å². The van der Waals surface area contributed by atoms with Gasteiger partial charge in [0.05, 0.1) is 10.2 Å². The SMILES string of the molecule is CNC(=O)C(C#N)=c1sc(=Cc2cccs2)c(=O)n1-c1ccccc1. The average Bonchev–Trinajstić information content (AvgIpc) is 3.25. The molecule has 0 spiro atoms. The molecule has 1 aromatic carbocycles. The minimum Gasteiger partial charge on any atom is -0.354 e. The lowest BCUT2D eigenvalue weighted by Crippen LogP contribution is -2.33. The van der Waals surface area contributed by atoms with Crippen LogP contribution in [-0.4, -0.2) is 17.5 Å². The summed E-state index contributed by atoms with van der Waals surface area (Å²) in [7, 11) is 1.46. The lowest BCUT2D eigenvalue weighted by atomic mass is 10.3. The summed E-state index contributed by atoms with van der Waals surface area (Å²) < 4.78 is 2.21. The number of carbonyl (C=O) groups excluding carboxylic acids is 1. The van der Waals surface area contributed by atoms with E-state index < -0.39 is 5.91 Å². The third-order valence-corrected chi connectivity index (χ3v) is 5.35. The van der Waals surface area contributed by atoms with Crippen molar-refractivity contribution in [3.05, 3.63) is 72.3 Å². The Morgan fingerprint density at radius 3 is 2.60 bits per heavy atom. The van der Waals surface area contributed by atoms with Crippen LogP contribution in [0.25, 0.3) is 17.3 Å². The Balaban J connectivity index is 2.43. The largest absolute Gasteiger partial charge is 0.354 e. The van der Waals surface area contributed by atoms with Crippen LogP contribution in [0.3, 0.4) is 0 Å². The smallest absolute Gasteiger partial charge is 0.273 e. The summed E-state index contributed by atoms with van der Waals surface area (Å²) in [6.07, 6.45) is 1.78. The summed E-state index contributed by atoms with van der Waals surface area (Å²) in [5, 5.41) is 13.8. The van der Waals surface area contributed by atoms with Gasteiger partial charge in [0, 0.05) is 11.9 Å². The van der Waals surface area contributed by atoms with Crippen molar-refractivity contribution in [2.75, 3.05) is 7.05 Å². The Morgan fingerprint density at radius 2 is 2.00 bits per heavy atom. The molecule has 5 nitrogen and oxygen atoms in total. The number of nitrogens with zero attached hydrogens (tertiary/aromatic N) is 2. The summed E-state index contributed by atoms with van der Waals surface area (Å²) in [5.74, 6) is -0.517. The maximum Gasteiger partial charge on any atom is 0.273 e. The van der Waals surface area contributed by atoms with Gasteiger partial charge in [0.1, 0.15) is 10.7 Å². The zero-order valence-corrected chi connectivity index (χ0v) is 14.9. The van der Waals surface area contributed by atoms with Gasteiger partial charge >= 0.3 is 0 Å². The monoisotopic (exact) mass is 367 g/mol. The van der Waals surface area contributed by atoms with E-state index in [0.717, 1.165) is 16.2 Å². The second-order valence-corrected chi connectivity index (χ2v) is 6.98. The summed E-state index contributed by atoms with van der Waals surface area (Å²) in [4.78, 5) is 26.0. The first-order valence-electron chi connectivity index (χ1n) is 7.34. The number of thiophene rings is 1. The van der Waals surface area contributed by atoms with E-state index in [4.69, 9.17) is 0 Å². The van der Waals surface area contributed by atoms with Gasteiger partial charge in [-0.3, -0.25) is 14.2 Å². The first-order chi connectivity index (χ1) is 12.2. The molecule has 0 radical (unpaired) electrons. The molecule has 124 valence electrons. The summed E-state index contributed by atoms with van der Waals surface area (Å²) in [6, 6.07) is 14.7. The Hall–Kier alpha value is -2.95. The van der Waals surface area contributed by atoms with Crippen molar-refractivity contribution in [3.8, 4) is 11.8 Å². The molecule has 0 aliphatic carbocycles. The quantitative estimate of drug-likeness (QED) is 0.756. The zero-order valence-electron chi connectivity index (χ0n) is 13.2. The fourth-order valence-electron chi connectivity index (χ4n) is 2.28. The van der Waals surface area contributed by atoms with E-state index in [2.05, 4.69) is 5.32 Å². The van der Waals surface area contributed by atoms with Crippen molar-refractivity contribution in [2.45, 2.75) is 0 Å². The minimum absolute atomic E-state index is 0.0840. The molecular weight excluding hydrogens is 354 g/mol. The van der Waals surface area contributed by atoms with Crippen molar-refractivity contribution in [1.82, 2.24) is 9.88 Å². The molecule has 0 aliphatic heterocycles. The predicted octanol–water partition coefficient (Wildman–Crippen LogP) is 1.21. The Labute approximate surface area is 151 Å². The first-order valence-corrected chi connectivity index (χ1v) is 9.04. The number of para-hydroxylation sites is 1. The van der Waals surface area contributed by atoms with Crippen molar-refractivity contribution >= 4 is 40.2 Å². The number of hydrogen-bond donors (Lipinski definition) is 1. The number of hydrogen-bond acceptors (Lipinski definition) is 5. The number of thiazole rings is 1. The van der Waals surface area contributed by atoms with E-state index in [1.54, 1.807) is 30.3 Å². The van der Waals surface area contributed by atoms with Crippen LogP contribution in [0.15, 0.2) is 52.6 Å². The van der Waals surface area contributed by atoms with Crippen molar-refractivity contribution in [3.63, 3.8) is 0 Å². The average molecular weight is 367 g/mol. The molecule has 0 unspecified atom stereocenters. The fourth-order valence-corrected chi connectivity index (χ4v) is 4.11. The molecule has 0 atom stereocenters. The molecule has 25 heavy (non-hydrogen) atoms. The minimum atomic E-state index is -0.517. The number of carbonyl (C=O) groups is 1. The molecule has 2 aromatic heterocycles. The van der Waals surface area contributed by atoms with Gasteiger partial charge in [0.25, 0.3) is 11.5 Å². The van der Waals surface area contributed by atoms with E-state index in [9.17, 15) is 14.9 Å². The number of amides is 1. The third kappa shape index (κ3) is 3.31. The van der Waals surface area contributed by atoms with Crippen LogP contribution in [0, 0.1) is 11.3 Å². The standard InChI is InChI=1S/C18H13N3O2S2/c1-20-16(22)14(11-19)18-21(12-6-3-2-4-7-12)17(23)15(25-18)10-13-8-5-9-24-13/h2-10H,1H3,(H,20,22). The van der Waals surface area contributed by atoms with Crippen LogP contribution in [0.1, 0.15) is 4.88 Å². The zero-order chi connectivity index (χ0) is 17.8. The highest BCUT2D eigenvalue weighted by Gasteiger charge is 2.15. The topological polar surface area (TPSA) is 74.9 Å². The molecule has 2 heterocycles. The molecule has 3 rings (SSSR count). The maximum atomic E-state index is 12.9. The molecule has 1 amide bonds. The Morgan fingerprint density at radius 1 is 1.24 bits per heavy atom. The van der Waals surface area contributed by atoms with Crippen LogP contribution in [-0.2, 0) is 4.79 Å². The van der Waals surface area contributed by atoms with Gasteiger partial charge < -0.3 is 5.32 Å². The van der Waals surface area contributed by atoms with Gasteiger partial charge in [0.15, 0.2) is 5.57 Å². The highest BCUT2D eigenvalue weighted by atomic mass is 32.1. The number of rotatable bonds is 3. The summed E-state index contributed by atoms with van der Waals surface area (Å²) >= 11 is 2.65. The highest BCUT2D eigenvalue weighted by molar-refractivity contribution is 7.11. The van der Waals surface area contributed by atoms with Gasteiger partial charge in [-0.1, -0.05) is 24.3 Å². The van der Waals surface area contributed by atoms with Crippen molar-refractivity contribution in [2.24, 2.45) is 0 Å².